The van der Waals surface area contributed by atoms with Gasteiger partial charge in [0.2, 0.25) is 21.1 Å². The van der Waals surface area contributed by atoms with E-state index in [1.165, 1.54) is 15.6 Å². The predicted molar refractivity (Wildman–Crippen MR) is 84.3 cm³/mol. The Hall–Kier alpha value is -1.06. The maximum absolute atomic E-state index is 12.4. The van der Waals surface area contributed by atoms with Crippen molar-refractivity contribution in [3.05, 3.63) is 5.01 Å². The molecule has 2 aliphatic rings. The van der Waals surface area contributed by atoms with E-state index in [1.54, 1.807) is 0 Å². The summed E-state index contributed by atoms with van der Waals surface area (Å²) in [5.74, 6) is 0.285. The lowest BCUT2D eigenvalue weighted by Gasteiger charge is -2.22. The number of aromatic nitrogens is 2. The molecule has 22 heavy (non-hydrogen) atoms. The first-order valence-corrected chi connectivity index (χ1v) is 10.1. The number of sulfonamides is 1. The molecule has 0 spiro atoms. The first-order valence-electron chi connectivity index (χ1n) is 7.65. The molecule has 1 saturated heterocycles. The number of carbonyl (C=O) groups is 1. The monoisotopic (exact) mass is 344 g/mol. The lowest BCUT2D eigenvalue weighted by Crippen LogP contribution is -2.44. The van der Waals surface area contributed by atoms with Crippen LogP contribution in [0.25, 0.3) is 0 Å². The van der Waals surface area contributed by atoms with E-state index in [0.29, 0.717) is 36.9 Å². The van der Waals surface area contributed by atoms with E-state index in [2.05, 4.69) is 15.5 Å². The third-order valence-corrected chi connectivity index (χ3v) is 7.00. The van der Waals surface area contributed by atoms with Crippen molar-refractivity contribution in [3.63, 3.8) is 0 Å². The summed E-state index contributed by atoms with van der Waals surface area (Å²) in [7, 11) is -3.35. The largest absolute Gasteiger partial charge is 0.299 e. The highest BCUT2D eigenvalue weighted by molar-refractivity contribution is 7.89. The molecule has 122 valence electrons. The van der Waals surface area contributed by atoms with Gasteiger partial charge in [-0.25, -0.2) is 8.42 Å². The zero-order chi connectivity index (χ0) is 15.7. The number of nitrogens with zero attached hydrogens (tertiary/aromatic N) is 3. The molecule has 1 aromatic heterocycles. The molecule has 9 heteroatoms. The highest BCUT2D eigenvalue weighted by Crippen LogP contribution is 2.42. The van der Waals surface area contributed by atoms with Gasteiger partial charge in [-0.3, -0.25) is 10.1 Å². The topological polar surface area (TPSA) is 92.3 Å². The molecule has 1 N–H and O–H groups in total. The van der Waals surface area contributed by atoms with E-state index in [9.17, 15) is 13.2 Å². The van der Waals surface area contributed by atoms with Crippen molar-refractivity contribution >= 4 is 32.4 Å². The van der Waals surface area contributed by atoms with Gasteiger partial charge in [0.05, 0.1) is 5.75 Å². The average Bonchev–Trinajstić information content (AvgIpc) is 3.01. The minimum Gasteiger partial charge on any atom is -0.299 e. The zero-order valence-corrected chi connectivity index (χ0v) is 14.1. The van der Waals surface area contributed by atoms with Gasteiger partial charge in [-0.1, -0.05) is 18.3 Å². The van der Waals surface area contributed by atoms with Gasteiger partial charge >= 0.3 is 0 Å². The number of amides is 1. The van der Waals surface area contributed by atoms with Gasteiger partial charge in [0.15, 0.2) is 0 Å². The fraction of sp³-hybridized carbons (Fsp3) is 0.769. The first-order chi connectivity index (χ1) is 10.5. The quantitative estimate of drug-likeness (QED) is 0.845. The van der Waals surface area contributed by atoms with Gasteiger partial charge in [-0.05, 0) is 32.1 Å². The van der Waals surface area contributed by atoms with E-state index >= 15 is 0 Å². The maximum atomic E-state index is 12.4. The molecule has 0 radical (unpaired) electrons. The number of rotatable bonds is 6. The molecule has 7 nitrogen and oxygen atoms in total. The molecule has 0 bridgehead atoms. The average molecular weight is 344 g/mol. The van der Waals surface area contributed by atoms with Crippen molar-refractivity contribution in [3.8, 4) is 0 Å². The minimum absolute atomic E-state index is 0.0847. The second-order valence-electron chi connectivity index (χ2n) is 5.79. The molecule has 1 aromatic rings. The van der Waals surface area contributed by atoms with Crippen LogP contribution in [0, 0.1) is 0 Å². The third kappa shape index (κ3) is 3.31. The molecular weight excluding hydrogens is 324 g/mol. The van der Waals surface area contributed by atoms with E-state index in [-0.39, 0.29) is 11.7 Å². The van der Waals surface area contributed by atoms with Crippen LogP contribution in [-0.4, -0.2) is 47.2 Å². The van der Waals surface area contributed by atoms with Crippen LogP contribution in [0.3, 0.4) is 0 Å². The molecule has 1 unspecified atom stereocenters. The van der Waals surface area contributed by atoms with Crippen LogP contribution in [0.1, 0.15) is 50.0 Å². The molecule has 1 aliphatic heterocycles. The Bertz CT molecular complexity index is 654. The van der Waals surface area contributed by atoms with E-state index in [1.807, 2.05) is 6.92 Å². The van der Waals surface area contributed by atoms with Crippen molar-refractivity contribution in [2.24, 2.45) is 0 Å². The normalized spacial score (nSPS) is 22.9. The third-order valence-electron chi connectivity index (χ3n) is 3.92. The van der Waals surface area contributed by atoms with Gasteiger partial charge in [0.1, 0.15) is 11.0 Å². The van der Waals surface area contributed by atoms with Crippen molar-refractivity contribution in [2.75, 3.05) is 17.6 Å². The van der Waals surface area contributed by atoms with E-state index in [0.717, 1.165) is 17.8 Å². The van der Waals surface area contributed by atoms with Crippen LogP contribution in [0.4, 0.5) is 5.13 Å². The summed E-state index contributed by atoms with van der Waals surface area (Å²) < 4.78 is 25.8. The maximum Gasteiger partial charge on any atom is 0.244 e. The standard InChI is InChI=1S/C13H20N4O3S2/c1-2-8-22(19,20)17-7-3-4-10(17)11(18)14-13-16-15-12(21-13)9-5-6-9/h9-10H,2-8H2,1H3,(H,14,16,18). The molecule has 2 heterocycles. The SMILES string of the molecule is CCCS(=O)(=O)N1CCCC1C(=O)Nc1nnc(C2CC2)s1. The van der Waals surface area contributed by atoms with Crippen LogP contribution >= 0.6 is 11.3 Å². The summed E-state index contributed by atoms with van der Waals surface area (Å²) in [4.78, 5) is 12.4. The zero-order valence-electron chi connectivity index (χ0n) is 12.5. The second kappa shape index (κ2) is 6.21. The number of nitrogens with one attached hydrogen (secondary N) is 1. The summed E-state index contributed by atoms with van der Waals surface area (Å²) in [6.45, 7) is 2.24. The predicted octanol–water partition coefficient (Wildman–Crippen LogP) is 1.56. The van der Waals surface area contributed by atoms with Crippen LogP contribution in [0.2, 0.25) is 0 Å². The summed E-state index contributed by atoms with van der Waals surface area (Å²) in [5, 5.41) is 12.2. The Morgan fingerprint density at radius 3 is 2.82 bits per heavy atom. The molecular formula is C13H20N4O3S2. The number of hydrogen-bond donors (Lipinski definition) is 1. The molecule has 1 amide bonds. The number of carbonyl (C=O) groups excluding carboxylic acids is 1. The number of anilines is 1. The lowest BCUT2D eigenvalue weighted by molar-refractivity contribution is -0.119. The molecule has 2 fully saturated rings. The Labute approximate surface area is 134 Å². The molecule has 1 saturated carbocycles. The molecule has 0 aromatic carbocycles. The smallest absolute Gasteiger partial charge is 0.244 e. The highest BCUT2D eigenvalue weighted by Gasteiger charge is 2.38. The van der Waals surface area contributed by atoms with Gasteiger partial charge in [-0.2, -0.15) is 4.31 Å². The highest BCUT2D eigenvalue weighted by atomic mass is 32.2. The van der Waals surface area contributed by atoms with Gasteiger partial charge in [0.25, 0.3) is 0 Å². The van der Waals surface area contributed by atoms with Gasteiger partial charge in [-0.15, -0.1) is 10.2 Å². The summed E-state index contributed by atoms with van der Waals surface area (Å²) in [6.07, 6.45) is 4.09. The van der Waals surface area contributed by atoms with E-state index < -0.39 is 16.1 Å². The summed E-state index contributed by atoms with van der Waals surface area (Å²) >= 11 is 1.39. The lowest BCUT2D eigenvalue weighted by atomic mass is 10.2. The van der Waals surface area contributed by atoms with Gasteiger partial charge < -0.3 is 0 Å². The first kappa shape index (κ1) is 15.8. The minimum atomic E-state index is -3.35. The summed E-state index contributed by atoms with van der Waals surface area (Å²) in [5.41, 5.74) is 0. The molecule has 3 rings (SSSR count). The number of hydrogen-bond acceptors (Lipinski definition) is 6. The van der Waals surface area contributed by atoms with Gasteiger partial charge in [0, 0.05) is 12.5 Å². The van der Waals surface area contributed by atoms with E-state index in [4.69, 9.17) is 0 Å². The molecule has 1 atom stereocenters. The van der Waals surface area contributed by atoms with Crippen LogP contribution in [-0.2, 0) is 14.8 Å². The Morgan fingerprint density at radius 2 is 2.14 bits per heavy atom. The Morgan fingerprint density at radius 1 is 1.36 bits per heavy atom. The van der Waals surface area contributed by atoms with Crippen molar-refractivity contribution in [1.29, 1.82) is 0 Å². The second-order valence-corrected chi connectivity index (χ2v) is 8.84. The fourth-order valence-electron chi connectivity index (χ4n) is 2.68. The Kier molecular flexibility index (Phi) is 4.47. The van der Waals surface area contributed by atoms with Crippen LogP contribution < -0.4 is 5.32 Å². The fourth-order valence-corrected chi connectivity index (χ4v) is 5.34. The summed E-state index contributed by atoms with van der Waals surface area (Å²) in [6, 6.07) is -0.621. The van der Waals surface area contributed by atoms with Crippen molar-refractivity contribution in [1.82, 2.24) is 14.5 Å². The van der Waals surface area contributed by atoms with Crippen molar-refractivity contribution in [2.45, 2.75) is 51.0 Å². The Balaban J connectivity index is 1.67. The van der Waals surface area contributed by atoms with Crippen molar-refractivity contribution < 1.29 is 13.2 Å². The van der Waals surface area contributed by atoms with Crippen LogP contribution in [0.15, 0.2) is 0 Å². The molecule has 1 aliphatic carbocycles. The van der Waals surface area contributed by atoms with Crippen LogP contribution in [0.5, 0.6) is 0 Å².